The normalized spacial score (nSPS) is 14.7. The first-order chi connectivity index (χ1) is 8.25. The van der Waals surface area contributed by atoms with Gasteiger partial charge in [-0.15, -0.1) is 0 Å². The second-order valence-corrected chi connectivity index (χ2v) is 3.92. The lowest BCUT2D eigenvalue weighted by Gasteiger charge is -2.28. The number of aromatic nitrogens is 4. The van der Waals surface area contributed by atoms with Gasteiger partial charge in [0.15, 0.2) is 5.69 Å². The van der Waals surface area contributed by atoms with E-state index in [0.717, 1.165) is 24.5 Å². The molecule has 3 heterocycles. The molecule has 0 spiro atoms. The van der Waals surface area contributed by atoms with Crippen molar-refractivity contribution in [2.75, 3.05) is 11.4 Å². The van der Waals surface area contributed by atoms with Gasteiger partial charge in [0.25, 0.3) is 0 Å². The summed E-state index contributed by atoms with van der Waals surface area (Å²) in [6, 6.07) is 0. The first-order valence-electron chi connectivity index (χ1n) is 5.27. The van der Waals surface area contributed by atoms with E-state index in [4.69, 9.17) is 5.11 Å². The Bertz CT molecular complexity index is 545. The Balaban J connectivity index is 1.94. The number of anilines is 1. The summed E-state index contributed by atoms with van der Waals surface area (Å²) in [7, 11) is 0. The fourth-order valence-corrected chi connectivity index (χ4v) is 2.07. The molecule has 1 aliphatic rings. The number of imidazole rings is 1. The van der Waals surface area contributed by atoms with Crippen LogP contribution in [0.25, 0.3) is 0 Å². The smallest absolute Gasteiger partial charge is 0.356 e. The van der Waals surface area contributed by atoms with Crippen molar-refractivity contribution >= 4 is 11.7 Å². The van der Waals surface area contributed by atoms with Gasteiger partial charge in [-0.05, 0) is 0 Å². The second-order valence-electron chi connectivity index (χ2n) is 3.92. The zero-order chi connectivity index (χ0) is 11.8. The number of rotatable bonds is 2. The summed E-state index contributed by atoms with van der Waals surface area (Å²) in [6.45, 7) is 2.10. The summed E-state index contributed by atoms with van der Waals surface area (Å²) >= 11 is 0. The third-order valence-electron chi connectivity index (χ3n) is 2.95. The third kappa shape index (κ3) is 1.55. The van der Waals surface area contributed by atoms with Crippen LogP contribution in [0.1, 0.15) is 16.2 Å². The molecule has 7 nitrogen and oxygen atoms in total. The molecule has 88 valence electrons. The van der Waals surface area contributed by atoms with E-state index in [1.165, 1.54) is 0 Å². The lowest BCUT2D eigenvalue weighted by Crippen LogP contribution is -2.33. The van der Waals surface area contributed by atoms with Gasteiger partial charge in [0, 0.05) is 19.3 Å². The maximum atomic E-state index is 11.0. The summed E-state index contributed by atoms with van der Waals surface area (Å²) in [6.07, 6.45) is 5.12. The predicted octanol–water partition coefficient (Wildman–Crippen LogP) is 0.325. The summed E-state index contributed by atoms with van der Waals surface area (Å²) in [5, 5.41) is 15.7. The number of nitrogens with zero attached hydrogens (tertiary/aromatic N) is 4. The van der Waals surface area contributed by atoms with Gasteiger partial charge in [-0.25, -0.2) is 9.78 Å². The van der Waals surface area contributed by atoms with Gasteiger partial charge in [0.1, 0.15) is 0 Å². The minimum absolute atomic E-state index is 0.137. The molecule has 0 unspecified atom stereocenters. The van der Waals surface area contributed by atoms with E-state index < -0.39 is 5.97 Å². The maximum Gasteiger partial charge on any atom is 0.356 e. The van der Waals surface area contributed by atoms with Gasteiger partial charge in [0.05, 0.1) is 30.5 Å². The average Bonchev–Trinajstić information content (AvgIpc) is 2.97. The molecular weight excluding hydrogens is 222 g/mol. The Kier molecular flexibility index (Phi) is 2.10. The van der Waals surface area contributed by atoms with Gasteiger partial charge >= 0.3 is 5.97 Å². The first kappa shape index (κ1) is 9.88. The first-order valence-corrected chi connectivity index (χ1v) is 5.27. The molecule has 0 bridgehead atoms. The SMILES string of the molecule is O=C(O)c1ncn2c1CN(c1cn[nH]c1)CC2. The van der Waals surface area contributed by atoms with Crippen molar-refractivity contribution in [1.82, 2.24) is 19.7 Å². The topological polar surface area (TPSA) is 87.0 Å². The molecule has 0 amide bonds. The van der Waals surface area contributed by atoms with Gasteiger partial charge in [0.2, 0.25) is 0 Å². The number of hydrogen-bond donors (Lipinski definition) is 2. The van der Waals surface area contributed by atoms with Gasteiger partial charge in [-0.3, -0.25) is 5.10 Å². The van der Waals surface area contributed by atoms with Crippen LogP contribution in [0, 0.1) is 0 Å². The van der Waals surface area contributed by atoms with Crippen LogP contribution in [0.4, 0.5) is 5.69 Å². The van der Waals surface area contributed by atoms with Crippen molar-refractivity contribution < 1.29 is 9.90 Å². The molecule has 0 fully saturated rings. The number of H-pyrrole nitrogens is 1. The second kappa shape index (κ2) is 3.62. The van der Waals surface area contributed by atoms with Crippen molar-refractivity contribution in [3.05, 3.63) is 30.1 Å². The van der Waals surface area contributed by atoms with E-state index in [1.54, 1.807) is 18.7 Å². The van der Waals surface area contributed by atoms with Crippen molar-refractivity contribution in [1.29, 1.82) is 0 Å². The third-order valence-corrected chi connectivity index (χ3v) is 2.95. The highest BCUT2D eigenvalue weighted by atomic mass is 16.4. The molecule has 0 radical (unpaired) electrons. The molecule has 2 aromatic rings. The van der Waals surface area contributed by atoms with E-state index in [0.29, 0.717) is 6.54 Å². The van der Waals surface area contributed by atoms with Crippen LogP contribution in [-0.4, -0.2) is 37.4 Å². The molecule has 3 rings (SSSR count). The number of carboxylic acid groups (broad SMARTS) is 1. The van der Waals surface area contributed by atoms with Crippen LogP contribution in [0.5, 0.6) is 0 Å². The van der Waals surface area contributed by atoms with Gasteiger partial charge in [-0.1, -0.05) is 0 Å². The Labute approximate surface area is 96.7 Å². The Morgan fingerprint density at radius 3 is 3.06 bits per heavy atom. The molecule has 0 atom stereocenters. The molecule has 0 aromatic carbocycles. The van der Waals surface area contributed by atoms with E-state index in [1.807, 2.05) is 4.57 Å². The summed E-state index contributed by atoms with van der Waals surface area (Å²) in [5.74, 6) is -0.979. The van der Waals surface area contributed by atoms with E-state index in [2.05, 4.69) is 20.1 Å². The molecular formula is C10H11N5O2. The summed E-state index contributed by atoms with van der Waals surface area (Å²) in [4.78, 5) is 17.0. The van der Waals surface area contributed by atoms with E-state index in [9.17, 15) is 4.79 Å². The van der Waals surface area contributed by atoms with Crippen molar-refractivity contribution in [3.8, 4) is 0 Å². The summed E-state index contributed by atoms with van der Waals surface area (Å²) < 4.78 is 1.89. The van der Waals surface area contributed by atoms with Crippen LogP contribution >= 0.6 is 0 Å². The fraction of sp³-hybridized carbons (Fsp3) is 0.300. The lowest BCUT2D eigenvalue weighted by molar-refractivity contribution is 0.0689. The highest BCUT2D eigenvalue weighted by molar-refractivity contribution is 5.86. The Hall–Kier alpha value is -2.31. The fourth-order valence-electron chi connectivity index (χ4n) is 2.07. The number of aromatic amines is 1. The number of fused-ring (bicyclic) bond motifs is 1. The molecule has 2 N–H and O–H groups in total. The van der Waals surface area contributed by atoms with Crippen molar-refractivity contribution in [3.63, 3.8) is 0 Å². The minimum atomic E-state index is -0.979. The summed E-state index contributed by atoms with van der Waals surface area (Å²) in [5.41, 5.74) is 1.84. The van der Waals surface area contributed by atoms with Crippen LogP contribution in [0.2, 0.25) is 0 Å². The number of carbonyl (C=O) groups is 1. The van der Waals surface area contributed by atoms with Crippen LogP contribution in [-0.2, 0) is 13.1 Å². The Morgan fingerprint density at radius 2 is 2.35 bits per heavy atom. The standard InChI is InChI=1S/C10H11N5O2/c16-10(17)9-8-5-14(7-3-12-13-4-7)1-2-15(8)6-11-9/h3-4,6H,1-2,5H2,(H,12,13)(H,16,17). The molecule has 7 heteroatoms. The van der Waals surface area contributed by atoms with Crippen LogP contribution < -0.4 is 4.90 Å². The largest absolute Gasteiger partial charge is 0.476 e. The number of aromatic carboxylic acids is 1. The molecule has 2 aromatic heterocycles. The maximum absolute atomic E-state index is 11.0. The Morgan fingerprint density at radius 1 is 1.47 bits per heavy atom. The number of hydrogen-bond acceptors (Lipinski definition) is 4. The van der Waals surface area contributed by atoms with Crippen molar-refractivity contribution in [2.45, 2.75) is 13.1 Å². The average molecular weight is 233 g/mol. The van der Waals surface area contributed by atoms with E-state index in [-0.39, 0.29) is 5.69 Å². The van der Waals surface area contributed by atoms with Crippen LogP contribution in [0.3, 0.4) is 0 Å². The van der Waals surface area contributed by atoms with E-state index >= 15 is 0 Å². The molecule has 0 saturated carbocycles. The monoisotopic (exact) mass is 233 g/mol. The molecule has 0 aliphatic carbocycles. The quantitative estimate of drug-likeness (QED) is 0.780. The van der Waals surface area contributed by atoms with Crippen LogP contribution in [0.15, 0.2) is 18.7 Å². The zero-order valence-corrected chi connectivity index (χ0v) is 9.00. The highest BCUT2D eigenvalue weighted by Crippen LogP contribution is 2.21. The molecule has 17 heavy (non-hydrogen) atoms. The number of nitrogens with one attached hydrogen (secondary N) is 1. The zero-order valence-electron chi connectivity index (χ0n) is 9.00. The van der Waals surface area contributed by atoms with Gasteiger partial charge < -0.3 is 14.6 Å². The minimum Gasteiger partial charge on any atom is -0.476 e. The highest BCUT2D eigenvalue weighted by Gasteiger charge is 2.23. The van der Waals surface area contributed by atoms with Gasteiger partial charge in [-0.2, -0.15) is 5.10 Å². The predicted molar refractivity (Wildman–Crippen MR) is 58.8 cm³/mol. The molecule has 0 saturated heterocycles. The molecule has 1 aliphatic heterocycles. The van der Waals surface area contributed by atoms with Crippen molar-refractivity contribution in [2.24, 2.45) is 0 Å². The number of carboxylic acids is 1. The lowest BCUT2D eigenvalue weighted by atomic mass is 10.2.